The van der Waals surface area contributed by atoms with Crippen LogP contribution in [0.15, 0.2) is 64.7 Å². The molecule has 0 atom stereocenters. The van der Waals surface area contributed by atoms with Gasteiger partial charge in [0.05, 0.1) is 12.0 Å². The second kappa shape index (κ2) is 9.61. The fraction of sp³-hybridized carbons (Fsp3) is 0.136. The molecule has 2 aromatic carbocycles. The van der Waals surface area contributed by atoms with Gasteiger partial charge in [-0.2, -0.15) is 0 Å². The molecule has 0 unspecified atom stereocenters. The van der Waals surface area contributed by atoms with Gasteiger partial charge in [-0.05, 0) is 35.4 Å². The van der Waals surface area contributed by atoms with E-state index in [1.165, 1.54) is 37.6 Å². The Morgan fingerprint density at radius 3 is 2.41 bits per heavy atom. The third kappa shape index (κ3) is 6.17. The summed E-state index contributed by atoms with van der Waals surface area (Å²) in [5, 5.41) is 11.4. The number of nitrogens with zero attached hydrogens (tertiary/aromatic N) is 2. The van der Waals surface area contributed by atoms with Crippen molar-refractivity contribution in [2.75, 3.05) is 24.9 Å². The molecule has 3 aromatic rings. The molecule has 3 rings (SSSR count). The van der Waals surface area contributed by atoms with E-state index in [1.54, 1.807) is 24.3 Å². The molecule has 0 amide bonds. The Hall–Kier alpha value is -3.77. The van der Waals surface area contributed by atoms with Gasteiger partial charge in [0.2, 0.25) is 5.95 Å². The molecule has 0 saturated carbocycles. The number of aromatic nitrogens is 2. The van der Waals surface area contributed by atoms with E-state index in [-0.39, 0.29) is 32.9 Å². The van der Waals surface area contributed by atoms with E-state index in [1.807, 2.05) is 0 Å². The van der Waals surface area contributed by atoms with Gasteiger partial charge in [-0.25, -0.2) is 31.6 Å². The normalized spacial score (nSPS) is 12.0. The molecule has 1 aromatic heterocycles. The molecular weight excluding hydrogens is 482 g/mol. The number of carbonyl (C=O) groups is 1. The van der Waals surface area contributed by atoms with Crippen molar-refractivity contribution in [3.63, 3.8) is 0 Å². The highest BCUT2D eigenvalue weighted by molar-refractivity contribution is 7.91. The first-order valence-corrected chi connectivity index (χ1v) is 13.4. The zero-order valence-corrected chi connectivity index (χ0v) is 20.0. The van der Waals surface area contributed by atoms with Crippen molar-refractivity contribution in [3.8, 4) is 16.9 Å². The lowest BCUT2D eigenvalue weighted by molar-refractivity contribution is -0.131. The number of hydrogen-bond acceptors (Lipinski definition) is 9. The zero-order valence-electron chi connectivity index (χ0n) is 18.4. The minimum absolute atomic E-state index is 0.000497. The highest BCUT2D eigenvalue weighted by atomic mass is 32.2. The average Bonchev–Trinajstić information content (AvgIpc) is 2.76. The number of carboxylic acid groups (broad SMARTS) is 1. The molecule has 0 saturated heterocycles. The summed E-state index contributed by atoms with van der Waals surface area (Å²) in [6.07, 6.45) is 5.73. The SMILES string of the molecule is COc1cc(Nc2ncc(-c3cccc(/C=C/C(=O)O)c3)c(S(C)(=O)=O)n2)cc(S(C)(=O)=O)c1. The van der Waals surface area contributed by atoms with Crippen LogP contribution in [0.5, 0.6) is 5.75 Å². The van der Waals surface area contributed by atoms with E-state index >= 15 is 0 Å². The van der Waals surface area contributed by atoms with Gasteiger partial charge < -0.3 is 15.2 Å². The average molecular weight is 504 g/mol. The smallest absolute Gasteiger partial charge is 0.328 e. The number of carboxylic acids is 1. The first-order valence-electron chi connectivity index (χ1n) is 9.61. The number of rotatable bonds is 8. The Morgan fingerprint density at radius 2 is 1.79 bits per heavy atom. The molecule has 0 spiro atoms. The van der Waals surface area contributed by atoms with Crippen LogP contribution in [0.25, 0.3) is 17.2 Å². The molecule has 0 aliphatic rings. The number of benzene rings is 2. The quantitative estimate of drug-likeness (QED) is 0.346. The molecule has 0 aliphatic heterocycles. The molecule has 34 heavy (non-hydrogen) atoms. The summed E-state index contributed by atoms with van der Waals surface area (Å²) in [5.74, 6) is -0.909. The van der Waals surface area contributed by atoms with Crippen molar-refractivity contribution in [1.82, 2.24) is 9.97 Å². The zero-order chi connectivity index (χ0) is 25.1. The van der Waals surface area contributed by atoms with Gasteiger partial charge in [0.25, 0.3) is 0 Å². The van der Waals surface area contributed by atoms with Crippen LogP contribution in [0.4, 0.5) is 11.6 Å². The lowest BCUT2D eigenvalue weighted by atomic mass is 10.1. The van der Waals surface area contributed by atoms with E-state index in [9.17, 15) is 21.6 Å². The van der Waals surface area contributed by atoms with Crippen molar-refractivity contribution >= 4 is 43.4 Å². The third-order valence-electron chi connectivity index (χ3n) is 4.52. The van der Waals surface area contributed by atoms with Crippen LogP contribution < -0.4 is 10.1 Å². The van der Waals surface area contributed by atoms with E-state index in [0.29, 0.717) is 11.1 Å². The summed E-state index contributed by atoms with van der Waals surface area (Å²) in [6, 6.07) is 10.8. The second-order valence-electron chi connectivity index (χ2n) is 7.28. The van der Waals surface area contributed by atoms with Gasteiger partial charge in [-0.3, -0.25) is 0 Å². The minimum Gasteiger partial charge on any atom is -0.497 e. The van der Waals surface area contributed by atoms with Crippen LogP contribution >= 0.6 is 0 Å². The molecule has 10 nitrogen and oxygen atoms in total. The molecule has 0 bridgehead atoms. The molecule has 0 fully saturated rings. The van der Waals surface area contributed by atoms with Crippen LogP contribution in [-0.2, 0) is 24.5 Å². The summed E-state index contributed by atoms with van der Waals surface area (Å²) in [7, 11) is -5.95. The first-order chi connectivity index (χ1) is 15.9. The van der Waals surface area contributed by atoms with Crippen molar-refractivity contribution < 1.29 is 31.5 Å². The molecule has 178 valence electrons. The fourth-order valence-electron chi connectivity index (χ4n) is 2.99. The largest absolute Gasteiger partial charge is 0.497 e. The monoisotopic (exact) mass is 503 g/mol. The maximum absolute atomic E-state index is 12.5. The number of nitrogens with one attached hydrogen (secondary N) is 1. The van der Waals surface area contributed by atoms with Crippen molar-refractivity contribution in [2.45, 2.75) is 9.92 Å². The topological polar surface area (TPSA) is 153 Å². The number of methoxy groups -OCH3 is 1. The van der Waals surface area contributed by atoms with Gasteiger partial charge in [0.1, 0.15) is 5.75 Å². The van der Waals surface area contributed by atoms with Crippen LogP contribution in [0.3, 0.4) is 0 Å². The molecule has 1 heterocycles. The highest BCUT2D eigenvalue weighted by Gasteiger charge is 2.19. The number of hydrogen-bond donors (Lipinski definition) is 2. The maximum Gasteiger partial charge on any atom is 0.328 e. The summed E-state index contributed by atoms with van der Waals surface area (Å²) in [4.78, 5) is 19.1. The van der Waals surface area contributed by atoms with Crippen LogP contribution in [0.2, 0.25) is 0 Å². The Bertz CT molecular complexity index is 1500. The van der Waals surface area contributed by atoms with Gasteiger partial charge in [-0.15, -0.1) is 0 Å². The fourth-order valence-corrected chi connectivity index (χ4v) is 4.48. The predicted molar refractivity (Wildman–Crippen MR) is 127 cm³/mol. The van der Waals surface area contributed by atoms with Gasteiger partial charge in [0.15, 0.2) is 24.7 Å². The number of ether oxygens (including phenoxy) is 1. The van der Waals surface area contributed by atoms with Crippen molar-refractivity contribution in [3.05, 3.63) is 60.3 Å². The summed E-state index contributed by atoms with van der Waals surface area (Å²) >= 11 is 0. The predicted octanol–water partition coefficient (Wildman–Crippen LogP) is 2.80. The van der Waals surface area contributed by atoms with Crippen molar-refractivity contribution in [1.29, 1.82) is 0 Å². The van der Waals surface area contributed by atoms with Crippen LogP contribution in [-0.4, -0.2) is 57.5 Å². The molecule has 0 radical (unpaired) electrons. The van der Waals surface area contributed by atoms with Crippen molar-refractivity contribution in [2.24, 2.45) is 0 Å². The summed E-state index contributed by atoms with van der Waals surface area (Å²) in [5.41, 5.74) is 1.53. The minimum atomic E-state index is -3.80. The van der Waals surface area contributed by atoms with E-state index < -0.39 is 25.6 Å². The standard InChI is InChI=1S/C22H21N3O7S2/c1-32-17-10-16(11-18(12-17)33(2,28)29)24-22-23-13-19(21(25-22)34(3,30)31)15-6-4-5-14(9-15)7-8-20(26)27/h4-13H,1-3H3,(H,26,27)(H,23,24,25)/b8-7+. The van der Waals surface area contributed by atoms with Gasteiger partial charge >= 0.3 is 5.97 Å². The van der Waals surface area contributed by atoms with Crippen LogP contribution in [0.1, 0.15) is 5.56 Å². The Labute approximate surface area is 196 Å². The lowest BCUT2D eigenvalue weighted by Gasteiger charge is -2.12. The van der Waals surface area contributed by atoms with E-state index in [4.69, 9.17) is 9.84 Å². The Balaban J connectivity index is 2.07. The number of aliphatic carboxylic acids is 1. The first kappa shape index (κ1) is 24.9. The highest BCUT2D eigenvalue weighted by Crippen LogP contribution is 2.29. The molecular formula is C22H21N3O7S2. The summed E-state index contributed by atoms with van der Waals surface area (Å²) in [6.45, 7) is 0. The van der Waals surface area contributed by atoms with E-state index in [2.05, 4.69) is 15.3 Å². The van der Waals surface area contributed by atoms with Gasteiger partial charge in [0, 0.05) is 42.1 Å². The Morgan fingerprint density at radius 1 is 1.06 bits per heavy atom. The molecule has 12 heteroatoms. The number of anilines is 2. The molecule has 2 N–H and O–H groups in total. The molecule has 0 aliphatic carbocycles. The Kier molecular flexibility index (Phi) is 7.03. The van der Waals surface area contributed by atoms with Crippen LogP contribution in [0, 0.1) is 0 Å². The maximum atomic E-state index is 12.5. The second-order valence-corrected chi connectivity index (χ2v) is 11.2. The lowest BCUT2D eigenvalue weighted by Crippen LogP contribution is -2.08. The number of sulfone groups is 2. The summed E-state index contributed by atoms with van der Waals surface area (Å²) < 4.78 is 54.1. The van der Waals surface area contributed by atoms with E-state index in [0.717, 1.165) is 18.6 Å². The van der Waals surface area contributed by atoms with Gasteiger partial charge in [-0.1, -0.05) is 18.2 Å². The third-order valence-corrected chi connectivity index (χ3v) is 6.63.